The van der Waals surface area contributed by atoms with Crippen LogP contribution in [0.3, 0.4) is 0 Å². The fourth-order valence-corrected chi connectivity index (χ4v) is 2.29. The van der Waals surface area contributed by atoms with Crippen molar-refractivity contribution in [2.75, 3.05) is 0 Å². The average Bonchev–Trinajstić information content (AvgIpc) is 2.24. The molecule has 0 aromatic rings. The number of alkyl halides is 6. The van der Waals surface area contributed by atoms with E-state index in [1.54, 1.807) is 0 Å². The molecule has 0 aliphatic heterocycles. The minimum Gasteiger partial charge on any atom is -0.479 e. The van der Waals surface area contributed by atoms with E-state index in [1.165, 1.54) is 0 Å². The third kappa shape index (κ3) is 1.91. The quantitative estimate of drug-likeness (QED) is 0.606. The summed E-state index contributed by atoms with van der Waals surface area (Å²) in [5, 5.41) is 17.3. The molecule has 0 saturated heterocycles. The molecule has 2 unspecified atom stereocenters. The van der Waals surface area contributed by atoms with E-state index < -0.39 is 52.7 Å². The highest BCUT2D eigenvalue weighted by molar-refractivity contribution is 5.95. The van der Waals surface area contributed by atoms with Gasteiger partial charge in [-0.3, -0.25) is 0 Å². The van der Waals surface area contributed by atoms with Crippen LogP contribution in [0.2, 0.25) is 0 Å². The van der Waals surface area contributed by atoms with Gasteiger partial charge in [-0.15, -0.1) is 0 Å². The summed E-state index contributed by atoms with van der Waals surface area (Å²) in [5.41, 5.74) is -12.9. The zero-order chi connectivity index (χ0) is 17.0. The van der Waals surface area contributed by atoms with E-state index in [0.29, 0.717) is 13.8 Å². The van der Waals surface area contributed by atoms with E-state index in [1.807, 2.05) is 0 Å². The Balaban J connectivity index is 3.89. The standard InChI is InChI=1S/C11H10F6O4/c1-4(2)5-10(15,7(20)21)8(12,6(18)19)3-9(13,14)11(5,16)17/h3H2,1-2H3,(H,18,19)(H,20,21). The number of hydrogen-bond donors (Lipinski definition) is 2. The molecule has 2 atom stereocenters. The molecule has 0 bridgehead atoms. The first-order valence-corrected chi connectivity index (χ1v) is 5.45. The molecule has 0 amide bonds. The second kappa shape index (κ2) is 4.38. The summed E-state index contributed by atoms with van der Waals surface area (Å²) in [7, 11) is 0. The molecule has 0 aromatic heterocycles. The molecule has 2 N–H and O–H groups in total. The van der Waals surface area contributed by atoms with Crippen LogP contribution in [-0.2, 0) is 9.59 Å². The maximum Gasteiger partial charge on any atom is 0.350 e. The second-order valence-electron chi connectivity index (χ2n) is 4.90. The van der Waals surface area contributed by atoms with Crippen molar-refractivity contribution < 1.29 is 46.1 Å². The van der Waals surface area contributed by atoms with Gasteiger partial charge in [0, 0.05) is 0 Å². The molecule has 0 spiro atoms. The van der Waals surface area contributed by atoms with Crippen molar-refractivity contribution in [2.24, 2.45) is 0 Å². The topological polar surface area (TPSA) is 74.6 Å². The average molecular weight is 320 g/mol. The number of allylic oxidation sites excluding steroid dienone is 1. The zero-order valence-corrected chi connectivity index (χ0v) is 10.7. The SMILES string of the molecule is CC(C)=C1C(F)(F)C(F)(F)CC(F)(C(=O)O)C1(F)C(=O)O. The van der Waals surface area contributed by atoms with Gasteiger partial charge in [0.05, 0.1) is 12.0 Å². The highest BCUT2D eigenvalue weighted by atomic mass is 19.3. The number of rotatable bonds is 2. The first-order chi connectivity index (χ1) is 9.16. The van der Waals surface area contributed by atoms with Crippen LogP contribution in [0.25, 0.3) is 0 Å². The van der Waals surface area contributed by atoms with E-state index in [9.17, 15) is 35.9 Å². The fourth-order valence-electron chi connectivity index (χ4n) is 2.29. The fraction of sp³-hybridized carbons (Fsp3) is 0.636. The van der Waals surface area contributed by atoms with Gasteiger partial charge in [-0.25, -0.2) is 18.4 Å². The van der Waals surface area contributed by atoms with Crippen LogP contribution in [0.4, 0.5) is 26.3 Å². The summed E-state index contributed by atoms with van der Waals surface area (Å²) in [6.07, 6.45) is -2.80. The van der Waals surface area contributed by atoms with Crippen molar-refractivity contribution in [3.8, 4) is 0 Å². The molecule has 0 aromatic carbocycles. The van der Waals surface area contributed by atoms with Crippen LogP contribution in [0, 0.1) is 0 Å². The summed E-state index contributed by atoms with van der Waals surface area (Å²) in [6.45, 7) is 1.31. The van der Waals surface area contributed by atoms with Crippen LogP contribution in [0.5, 0.6) is 0 Å². The highest BCUT2D eigenvalue weighted by Gasteiger charge is 2.82. The van der Waals surface area contributed by atoms with Crippen molar-refractivity contribution in [3.05, 3.63) is 11.1 Å². The van der Waals surface area contributed by atoms with Crippen LogP contribution in [0.15, 0.2) is 11.1 Å². The lowest BCUT2D eigenvalue weighted by Gasteiger charge is -2.46. The van der Waals surface area contributed by atoms with E-state index >= 15 is 0 Å². The minimum atomic E-state index is -5.34. The molecule has 1 saturated carbocycles. The lowest BCUT2D eigenvalue weighted by atomic mass is 9.66. The number of carboxylic acids is 2. The molecule has 10 heteroatoms. The molecule has 1 aliphatic carbocycles. The Morgan fingerprint density at radius 3 is 1.67 bits per heavy atom. The third-order valence-electron chi connectivity index (χ3n) is 3.26. The second-order valence-corrected chi connectivity index (χ2v) is 4.90. The number of carbonyl (C=O) groups is 2. The van der Waals surface area contributed by atoms with Gasteiger partial charge in [-0.2, -0.15) is 17.6 Å². The summed E-state index contributed by atoms with van der Waals surface area (Å²) in [4.78, 5) is 21.7. The van der Waals surface area contributed by atoms with E-state index in [0.717, 1.165) is 0 Å². The number of carboxylic acid groups (broad SMARTS) is 2. The van der Waals surface area contributed by atoms with Crippen molar-refractivity contribution in [3.63, 3.8) is 0 Å². The third-order valence-corrected chi connectivity index (χ3v) is 3.26. The maximum absolute atomic E-state index is 14.5. The largest absolute Gasteiger partial charge is 0.479 e. The van der Waals surface area contributed by atoms with Crippen molar-refractivity contribution in [1.29, 1.82) is 0 Å². The van der Waals surface area contributed by atoms with Crippen LogP contribution >= 0.6 is 0 Å². The van der Waals surface area contributed by atoms with E-state index in [-0.39, 0.29) is 0 Å². The van der Waals surface area contributed by atoms with Gasteiger partial charge in [0.25, 0.3) is 11.3 Å². The normalized spacial score (nSPS) is 34.4. The zero-order valence-electron chi connectivity index (χ0n) is 10.7. The Labute approximate surface area is 114 Å². The number of halogens is 6. The van der Waals surface area contributed by atoms with Crippen LogP contribution in [-0.4, -0.2) is 45.3 Å². The molecule has 1 aliphatic rings. The lowest BCUT2D eigenvalue weighted by Crippen LogP contribution is -2.71. The van der Waals surface area contributed by atoms with Gasteiger partial charge in [0.1, 0.15) is 0 Å². The molecule has 1 rings (SSSR count). The molecule has 21 heavy (non-hydrogen) atoms. The smallest absolute Gasteiger partial charge is 0.350 e. The van der Waals surface area contributed by atoms with Gasteiger partial charge in [0.2, 0.25) is 0 Å². The Bertz CT molecular complexity index is 539. The predicted molar refractivity (Wildman–Crippen MR) is 55.8 cm³/mol. The monoisotopic (exact) mass is 320 g/mol. The highest BCUT2D eigenvalue weighted by Crippen LogP contribution is 2.60. The minimum absolute atomic E-state index is 0.657. The molecule has 4 nitrogen and oxygen atoms in total. The van der Waals surface area contributed by atoms with Crippen molar-refractivity contribution in [2.45, 2.75) is 43.5 Å². The van der Waals surface area contributed by atoms with Crippen LogP contribution in [0.1, 0.15) is 20.3 Å². The van der Waals surface area contributed by atoms with Gasteiger partial charge in [0.15, 0.2) is 0 Å². The first-order valence-electron chi connectivity index (χ1n) is 5.45. The van der Waals surface area contributed by atoms with Gasteiger partial charge >= 0.3 is 23.8 Å². The van der Waals surface area contributed by atoms with Gasteiger partial charge < -0.3 is 10.2 Å². The summed E-state index contributed by atoms with van der Waals surface area (Å²) in [5.74, 6) is -16.4. The van der Waals surface area contributed by atoms with Crippen LogP contribution < -0.4 is 0 Å². The molecule has 120 valence electrons. The van der Waals surface area contributed by atoms with Crippen molar-refractivity contribution >= 4 is 11.9 Å². The van der Waals surface area contributed by atoms with Crippen molar-refractivity contribution in [1.82, 2.24) is 0 Å². The Morgan fingerprint density at radius 1 is 0.952 bits per heavy atom. The van der Waals surface area contributed by atoms with E-state index in [2.05, 4.69) is 0 Å². The predicted octanol–water partition coefficient (Wildman–Crippen LogP) is 2.58. The van der Waals surface area contributed by atoms with Gasteiger partial charge in [-0.05, 0) is 13.8 Å². The molecular weight excluding hydrogens is 310 g/mol. The first kappa shape index (κ1) is 17.3. The summed E-state index contributed by atoms with van der Waals surface area (Å²) < 4.78 is 83.0. The molecule has 1 fully saturated rings. The molecule has 0 heterocycles. The van der Waals surface area contributed by atoms with Gasteiger partial charge in [-0.1, -0.05) is 5.57 Å². The Hall–Kier alpha value is -1.74. The number of hydrogen-bond acceptors (Lipinski definition) is 2. The lowest BCUT2D eigenvalue weighted by molar-refractivity contribution is -0.256. The number of aliphatic carboxylic acids is 2. The maximum atomic E-state index is 14.5. The molecule has 0 radical (unpaired) electrons. The summed E-state index contributed by atoms with van der Waals surface area (Å²) in [6, 6.07) is 0. The Kier molecular flexibility index (Phi) is 3.61. The summed E-state index contributed by atoms with van der Waals surface area (Å²) >= 11 is 0. The Morgan fingerprint density at radius 2 is 1.38 bits per heavy atom. The molecular formula is C11H10F6O4. The van der Waals surface area contributed by atoms with E-state index in [4.69, 9.17) is 10.2 Å².